The maximum Gasteiger partial charge on any atom is 0.408 e. The van der Waals surface area contributed by atoms with E-state index in [1.165, 1.54) is 4.90 Å². The predicted molar refractivity (Wildman–Crippen MR) is 138 cm³/mol. The van der Waals surface area contributed by atoms with Gasteiger partial charge in [-0.05, 0) is 71.1 Å². The molecule has 202 valence electrons. The number of amides is 3. The van der Waals surface area contributed by atoms with Crippen LogP contribution < -0.4 is 10.6 Å². The minimum atomic E-state index is -0.951. The Morgan fingerprint density at radius 1 is 1.03 bits per heavy atom. The smallest absolute Gasteiger partial charge is 0.408 e. The SMILES string of the molecule is CCOC(=O)CCNC(=O)C(c1c(C)cccc1C)N(CC)C(=O)C(NC(=O)OC(C)(C)C)C(C)C. The normalized spacial score (nSPS) is 12.9. The molecule has 2 N–H and O–H groups in total. The summed E-state index contributed by atoms with van der Waals surface area (Å²) >= 11 is 0. The molecular weight excluding hydrogens is 462 g/mol. The average Bonchev–Trinajstić information content (AvgIpc) is 2.75. The minimum absolute atomic E-state index is 0.0218. The number of carbonyl (C=O) groups is 4. The molecule has 3 amide bonds. The van der Waals surface area contributed by atoms with Crippen molar-refractivity contribution in [3.63, 3.8) is 0 Å². The second-order valence-corrected chi connectivity index (χ2v) is 10.0. The summed E-state index contributed by atoms with van der Waals surface area (Å²) in [4.78, 5) is 53.1. The molecule has 9 heteroatoms. The van der Waals surface area contributed by atoms with Gasteiger partial charge in [0.15, 0.2) is 0 Å². The lowest BCUT2D eigenvalue weighted by molar-refractivity contribution is -0.144. The van der Waals surface area contributed by atoms with Crippen LogP contribution >= 0.6 is 0 Å². The highest BCUT2D eigenvalue weighted by Gasteiger charge is 2.37. The van der Waals surface area contributed by atoms with Gasteiger partial charge in [0.1, 0.15) is 17.7 Å². The van der Waals surface area contributed by atoms with E-state index in [1.807, 2.05) is 45.9 Å². The van der Waals surface area contributed by atoms with Gasteiger partial charge in [0.05, 0.1) is 13.0 Å². The first kappa shape index (κ1) is 30.9. The predicted octanol–water partition coefficient (Wildman–Crippen LogP) is 3.81. The molecule has 1 rings (SSSR count). The topological polar surface area (TPSA) is 114 Å². The molecule has 1 aromatic carbocycles. The molecule has 0 aliphatic rings. The van der Waals surface area contributed by atoms with Gasteiger partial charge in [-0.15, -0.1) is 0 Å². The highest BCUT2D eigenvalue weighted by Crippen LogP contribution is 2.29. The zero-order valence-electron chi connectivity index (χ0n) is 23.2. The van der Waals surface area contributed by atoms with Crippen molar-refractivity contribution in [3.8, 4) is 0 Å². The third-order valence-corrected chi connectivity index (χ3v) is 5.54. The first-order valence-electron chi connectivity index (χ1n) is 12.5. The standard InChI is InChI=1S/C27H43N3O6/c1-10-30(25(33)22(17(3)4)29-26(34)36-27(7,8)9)23(21-18(5)13-12-14-19(21)6)24(32)28-16-15-20(31)35-11-2/h12-14,17,22-23H,10-11,15-16H2,1-9H3,(H,28,32)(H,29,34). The van der Waals surface area contributed by atoms with E-state index in [0.717, 1.165) is 11.1 Å². The molecule has 0 fully saturated rings. The maximum atomic E-state index is 13.8. The van der Waals surface area contributed by atoms with E-state index in [0.29, 0.717) is 5.56 Å². The average molecular weight is 506 g/mol. The second-order valence-electron chi connectivity index (χ2n) is 10.0. The van der Waals surface area contributed by atoms with E-state index in [9.17, 15) is 19.2 Å². The van der Waals surface area contributed by atoms with Crippen molar-refractivity contribution in [1.82, 2.24) is 15.5 Å². The third kappa shape index (κ3) is 9.17. The Balaban J connectivity index is 3.35. The maximum absolute atomic E-state index is 13.8. The molecule has 0 aliphatic heterocycles. The number of nitrogens with zero attached hydrogens (tertiary/aromatic N) is 1. The van der Waals surface area contributed by atoms with Gasteiger partial charge in [-0.1, -0.05) is 32.0 Å². The Bertz CT molecular complexity index is 902. The molecule has 36 heavy (non-hydrogen) atoms. The van der Waals surface area contributed by atoms with E-state index in [2.05, 4.69) is 10.6 Å². The Kier molecular flexibility index (Phi) is 11.9. The van der Waals surface area contributed by atoms with Gasteiger partial charge in [0, 0.05) is 13.1 Å². The lowest BCUT2D eigenvalue weighted by Crippen LogP contribution is -2.55. The summed E-state index contributed by atoms with van der Waals surface area (Å²) in [5, 5.41) is 5.48. The van der Waals surface area contributed by atoms with Crippen molar-refractivity contribution in [1.29, 1.82) is 0 Å². The Hall–Kier alpha value is -3.10. The molecule has 1 aromatic rings. The number of likely N-dealkylation sites (N-methyl/N-ethyl adjacent to an activating group) is 1. The van der Waals surface area contributed by atoms with Gasteiger partial charge in [0.25, 0.3) is 0 Å². The summed E-state index contributed by atoms with van der Waals surface area (Å²) in [6.07, 6.45) is -0.679. The van der Waals surface area contributed by atoms with Crippen molar-refractivity contribution in [3.05, 3.63) is 34.9 Å². The summed E-state index contributed by atoms with van der Waals surface area (Å²) < 4.78 is 10.3. The van der Waals surface area contributed by atoms with Crippen LogP contribution in [0.2, 0.25) is 0 Å². The number of ether oxygens (including phenoxy) is 2. The van der Waals surface area contributed by atoms with Crippen molar-refractivity contribution in [2.45, 2.75) is 86.4 Å². The highest BCUT2D eigenvalue weighted by molar-refractivity contribution is 5.92. The zero-order chi connectivity index (χ0) is 27.6. The van der Waals surface area contributed by atoms with Gasteiger partial charge >= 0.3 is 12.1 Å². The van der Waals surface area contributed by atoms with Crippen LogP contribution in [-0.2, 0) is 23.9 Å². The number of aryl methyl sites for hydroxylation is 2. The van der Waals surface area contributed by atoms with Crippen LogP contribution in [0.25, 0.3) is 0 Å². The van der Waals surface area contributed by atoms with Crippen LogP contribution in [0.1, 0.15) is 77.6 Å². The van der Waals surface area contributed by atoms with Crippen LogP contribution in [0.5, 0.6) is 0 Å². The van der Waals surface area contributed by atoms with Crippen molar-refractivity contribution in [2.24, 2.45) is 5.92 Å². The molecule has 9 nitrogen and oxygen atoms in total. The molecular formula is C27H43N3O6. The number of rotatable bonds is 11. The lowest BCUT2D eigenvalue weighted by atomic mass is 9.93. The number of alkyl carbamates (subject to hydrolysis) is 1. The largest absolute Gasteiger partial charge is 0.466 e. The highest BCUT2D eigenvalue weighted by atomic mass is 16.6. The molecule has 2 atom stereocenters. The molecule has 0 radical (unpaired) electrons. The molecule has 2 unspecified atom stereocenters. The molecule has 0 aliphatic carbocycles. The number of benzene rings is 1. The lowest BCUT2D eigenvalue weighted by Gasteiger charge is -2.36. The second kappa shape index (κ2) is 13.8. The van der Waals surface area contributed by atoms with E-state index in [4.69, 9.17) is 9.47 Å². The fourth-order valence-corrected chi connectivity index (χ4v) is 3.90. The summed E-state index contributed by atoms with van der Waals surface area (Å²) in [7, 11) is 0. The first-order chi connectivity index (χ1) is 16.7. The third-order valence-electron chi connectivity index (χ3n) is 5.54. The number of hydrogen-bond donors (Lipinski definition) is 2. The fourth-order valence-electron chi connectivity index (χ4n) is 3.90. The molecule has 0 spiro atoms. The number of nitrogens with one attached hydrogen (secondary N) is 2. The number of esters is 1. The van der Waals surface area contributed by atoms with Gasteiger partial charge in [-0.2, -0.15) is 0 Å². The van der Waals surface area contributed by atoms with Gasteiger partial charge in [-0.3, -0.25) is 14.4 Å². The molecule has 0 saturated heterocycles. The first-order valence-corrected chi connectivity index (χ1v) is 12.5. The van der Waals surface area contributed by atoms with E-state index in [1.54, 1.807) is 34.6 Å². The molecule has 0 bridgehead atoms. The van der Waals surface area contributed by atoms with Crippen molar-refractivity contribution < 1.29 is 28.7 Å². The number of carbonyl (C=O) groups excluding carboxylic acids is 4. The number of hydrogen-bond acceptors (Lipinski definition) is 6. The summed E-state index contributed by atoms with van der Waals surface area (Å²) in [6, 6.07) is 3.81. The quantitative estimate of drug-likeness (QED) is 0.442. The van der Waals surface area contributed by atoms with Crippen LogP contribution in [0.15, 0.2) is 18.2 Å². The van der Waals surface area contributed by atoms with E-state index >= 15 is 0 Å². The van der Waals surface area contributed by atoms with Gasteiger partial charge in [0.2, 0.25) is 11.8 Å². The zero-order valence-corrected chi connectivity index (χ0v) is 23.2. The Morgan fingerprint density at radius 3 is 2.08 bits per heavy atom. The van der Waals surface area contributed by atoms with Crippen LogP contribution in [0.4, 0.5) is 4.79 Å². The summed E-state index contributed by atoms with van der Waals surface area (Å²) in [6.45, 7) is 16.7. The van der Waals surface area contributed by atoms with Gasteiger partial charge < -0.3 is 25.0 Å². The van der Waals surface area contributed by atoms with Crippen molar-refractivity contribution >= 4 is 23.9 Å². The monoisotopic (exact) mass is 505 g/mol. The van der Waals surface area contributed by atoms with Crippen LogP contribution in [0.3, 0.4) is 0 Å². The van der Waals surface area contributed by atoms with Crippen molar-refractivity contribution in [2.75, 3.05) is 19.7 Å². The van der Waals surface area contributed by atoms with Crippen LogP contribution in [0, 0.1) is 19.8 Å². The van der Waals surface area contributed by atoms with E-state index in [-0.39, 0.29) is 32.0 Å². The van der Waals surface area contributed by atoms with Gasteiger partial charge in [-0.25, -0.2) is 4.79 Å². The van der Waals surface area contributed by atoms with Crippen LogP contribution in [-0.4, -0.2) is 60.1 Å². The minimum Gasteiger partial charge on any atom is -0.466 e. The summed E-state index contributed by atoms with van der Waals surface area (Å²) in [5.41, 5.74) is 1.70. The molecule has 0 heterocycles. The Morgan fingerprint density at radius 2 is 1.61 bits per heavy atom. The van der Waals surface area contributed by atoms with E-state index < -0.39 is 41.6 Å². The fraction of sp³-hybridized carbons (Fsp3) is 0.630. The summed E-state index contributed by atoms with van der Waals surface area (Å²) in [5.74, 6) is -1.48. The molecule has 0 saturated carbocycles. The Labute approximate surface area is 215 Å². The molecule has 0 aromatic heterocycles.